The molecular formula is C26H22N2O5. The number of nitrogens with zero attached hydrogens (tertiary/aromatic N) is 1. The molecule has 3 aromatic rings. The molecule has 7 heteroatoms. The van der Waals surface area contributed by atoms with Crippen LogP contribution in [0.2, 0.25) is 0 Å². The van der Waals surface area contributed by atoms with Gasteiger partial charge in [0.2, 0.25) is 0 Å². The van der Waals surface area contributed by atoms with Crippen LogP contribution in [0.3, 0.4) is 0 Å². The SMILES string of the molecule is COc1cc(/C=C(\C#N)C(=O)NCc2ccccc2)ccc1OCc1cccc(C(=O)O)c1. The Kier molecular flexibility index (Phi) is 7.81. The summed E-state index contributed by atoms with van der Waals surface area (Å²) in [7, 11) is 1.48. The predicted molar refractivity (Wildman–Crippen MR) is 123 cm³/mol. The Morgan fingerprint density at radius 1 is 1.00 bits per heavy atom. The summed E-state index contributed by atoms with van der Waals surface area (Å²) >= 11 is 0. The monoisotopic (exact) mass is 442 g/mol. The summed E-state index contributed by atoms with van der Waals surface area (Å²) in [6, 6.07) is 22.8. The van der Waals surface area contributed by atoms with E-state index in [0.29, 0.717) is 29.2 Å². The number of nitrogens with one attached hydrogen (secondary N) is 1. The zero-order valence-electron chi connectivity index (χ0n) is 17.9. The minimum Gasteiger partial charge on any atom is -0.493 e. The van der Waals surface area contributed by atoms with Crippen LogP contribution in [0.4, 0.5) is 0 Å². The first kappa shape index (κ1) is 23.1. The van der Waals surface area contributed by atoms with Crippen molar-refractivity contribution in [1.29, 1.82) is 5.26 Å². The smallest absolute Gasteiger partial charge is 0.335 e. The number of benzene rings is 3. The Balaban J connectivity index is 1.70. The normalized spacial score (nSPS) is 10.7. The molecule has 0 radical (unpaired) electrons. The van der Waals surface area contributed by atoms with E-state index >= 15 is 0 Å². The zero-order chi connectivity index (χ0) is 23.6. The van der Waals surface area contributed by atoms with Crippen LogP contribution in [-0.2, 0) is 17.9 Å². The molecule has 3 aromatic carbocycles. The van der Waals surface area contributed by atoms with E-state index < -0.39 is 11.9 Å². The first-order valence-electron chi connectivity index (χ1n) is 10.1. The number of hydrogen-bond acceptors (Lipinski definition) is 5. The second kappa shape index (κ2) is 11.2. The van der Waals surface area contributed by atoms with Crippen molar-refractivity contribution >= 4 is 18.0 Å². The van der Waals surface area contributed by atoms with Gasteiger partial charge in [0.25, 0.3) is 5.91 Å². The summed E-state index contributed by atoms with van der Waals surface area (Å²) < 4.78 is 11.2. The molecule has 0 aromatic heterocycles. The Morgan fingerprint density at radius 2 is 1.76 bits per heavy atom. The summed E-state index contributed by atoms with van der Waals surface area (Å²) in [5.41, 5.74) is 2.37. The topological polar surface area (TPSA) is 109 Å². The van der Waals surface area contributed by atoms with Crippen LogP contribution in [-0.4, -0.2) is 24.1 Å². The van der Waals surface area contributed by atoms with E-state index in [4.69, 9.17) is 14.6 Å². The minimum absolute atomic E-state index is 0.0351. The summed E-state index contributed by atoms with van der Waals surface area (Å²) in [4.78, 5) is 23.5. The van der Waals surface area contributed by atoms with Crippen LogP contribution in [0, 0.1) is 11.3 Å². The number of hydrogen-bond donors (Lipinski definition) is 2. The number of methoxy groups -OCH3 is 1. The van der Waals surface area contributed by atoms with Crippen molar-refractivity contribution in [2.45, 2.75) is 13.2 Å². The van der Waals surface area contributed by atoms with Gasteiger partial charge in [-0.15, -0.1) is 0 Å². The summed E-state index contributed by atoms with van der Waals surface area (Å²) in [5, 5.41) is 21.3. The van der Waals surface area contributed by atoms with E-state index in [9.17, 15) is 14.9 Å². The molecule has 0 spiro atoms. The molecule has 2 N–H and O–H groups in total. The van der Waals surface area contributed by atoms with Gasteiger partial charge in [-0.3, -0.25) is 4.79 Å². The third kappa shape index (κ3) is 6.45. The van der Waals surface area contributed by atoms with Crippen LogP contribution < -0.4 is 14.8 Å². The van der Waals surface area contributed by atoms with Gasteiger partial charge >= 0.3 is 5.97 Å². The quantitative estimate of drug-likeness (QED) is 0.380. The summed E-state index contributed by atoms with van der Waals surface area (Å²) in [6.45, 7) is 0.468. The molecule has 1 amide bonds. The lowest BCUT2D eigenvalue weighted by atomic mass is 10.1. The van der Waals surface area contributed by atoms with Crippen molar-refractivity contribution in [3.05, 3.63) is 101 Å². The van der Waals surface area contributed by atoms with Crippen LogP contribution in [0.1, 0.15) is 27.0 Å². The van der Waals surface area contributed by atoms with Crippen LogP contribution in [0.25, 0.3) is 6.08 Å². The number of carboxylic acids is 1. The van der Waals surface area contributed by atoms with Gasteiger partial charge in [-0.1, -0.05) is 48.5 Å². The van der Waals surface area contributed by atoms with Crippen molar-refractivity contribution in [2.75, 3.05) is 7.11 Å². The lowest BCUT2D eigenvalue weighted by Crippen LogP contribution is -2.23. The van der Waals surface area contributed by atoms with Crippen LogP contribution >= 0.6 is 0 Å². The number of carboxylic acid groups (broad SMARTS) is 1. The van der Waals surface area contributed by atoms with Gasteiger partial charge in [-0.25, -0.2) is 4.79 Å². The number of carbonyl (C=O) groups excluding carboxylic acids is 1. The maximum Gasteiger partial charge on any atom is 0.335 e. The second-order valence-electron chi connectivity index (χ2n) is 7.04. The summed E-state index contributed by atoms with van der Waals surface area (Å²) in [6.07, 6.45) is 1.48. The average Bonchev–Trinajstić information content (AvgIpc) is 2.85. The van der Waals surface area contributed by atoms with Crippen molar-refractivity contribution in [1.82, 2.24) is 5.32 Å². The highest BCUT2D eigenvalue weighted by molar-refractivity contribution is 6.01. The van der Waals surface area contributed by atoms with Crippen molar-refractivity contribution in [3.63, 3.8) is 0 Å². The van der Waals surface area contributed by atoms with Gasteiger partial charge < -0.3 is 19.9 Å². The molecule has 0 bridgehead atoms. The molecule has 0 unspecified atom stereocenters. The molecule has 0 aliphatic carbocycles. The Hall–Kier alpha value is -4.57. The fourth-order valence-corrected chi connectivity index (χ4v) is 3.04. The Morgan fingerprint density at radius 3 is 2.45 bits per heavy atom. The molecule has 33 heavy (non-hydrogen) atoms. The van der Waals surface area contributed by atoms with E-state index in [1.54, 1.807) is 36.4 Å². The number of carbonyl (C=O) groups is 2. The highest BCUT2D eigenvalue weighted by Crippen LogP contribution is 2.29. The van der Waals surface area contributed by atoms with Crippen molar-refractivity contribution < 1.29 is 24.2 Å². The molecule has 166 valence electrons. The van der Waals surface area contributed by atoms with Gasteiger partial charge in [0, 0.05) is 6.54 Å². The maximum absolute atomic E-state index is 12.4. The minimum atomic E-state index is -1.01. The van der Waals surface area contributed by atoms with E-state index in [2.05, 4.69) is 5.32 Å². The molecule has 0 aliphatic heterocycles. The number of rotatable bonds is 9. The first-order valence-corrected chi connectivity index (χ1v) is 10.1. The Bertz CT molecular complexity index is 1210. The first-order chi connectivity index (χ1) is 16.0. The van der Waals surface area contributed by atoms with E-state index in [0.717, 1.165) is 5.56 Å². The number of aromatic carboxylic acids is 1. The summed E-state index contributed by atoms with van der Waals surface area (Å²) in [5.74, 6) is -0.617. The highest BCUT2D eigenvalue weighted by atomic mass is 16.5. The molecule has 0 saturated carbocycles. The van der Waals surface area contributed by atoms with Crippen molar-refractivity contribution in [3.8, 4) is 17.6 Å². The Labute approximate surface area is 191 Å². The number of ether oxygens (including phenoxy) is 2. The van der Waals surface area contributed by atoms with Gasteiger partial charge in [0.15, 0.2) is 11.5 Å². The van der Waals surface area contributed by atoms with E-state index in [1.807, 2.05) is 36.4 Å². The zero-order valence-corrected chi connectivity index (χ0v) is 17.9. The molecule has 0 aliphatic rings. The lowest BCUT2D eigenvalue weighted by molar-refractivity contribution is -0.117. The fourth-order valence-electron chi connectivity index (χ4n) is 3.04. The third-order valence-corrected chi connectivity index (χ3v) is 4.73. The van der Waals surface area contributed by atoms with Crippen LogP contribution in [0.15, 0.2) is 78.4 Å². The van der Waals surface area contributed by atoms with Gasteiger partial charge in [0.05, 0.1) is 12.7 Å². The molecule has 0 saturated heterocycles. The van der Waals surface area contributed by atoms with E-state index in [-0.39, 0.29) is 17.7 Å². The predicted octanol–water partition coefficient (Wildman–Crippen LogP) is 4.20. The number of amides is 1. The number of nitriles is 1. The second-order valence-corrected chi connectivity index (χ2v) is 7.04. The highest BCUT2D eigenvalue weighted by Gasteiger charge is 2.11. The van der Waals surface area contributed by atoms with Gasteiger partial charge in [-0.2, -0.15) is 5.26 Å². The average molecular weight is 442 g/mol. The van der Waals surface area contributed by atoms with Gasteiger partial charge in [0.1, 0.15) is 18.2 Å². The largest absolute Gasteiger partial charge is 0.493 e. The molecule has 3 rings (SSSR count). The molecular weight excluding hydrogens is 420 g/mol. The van der Waals surface area contributed by atoms with E-state index in [1.165, 1.54) is 19.3 Å². The molecule has 0 fully saturated rings. The molecule has 0 heterocycles. The lowest BCUT2D eigenvalue weighted by Gasteiger charge is -2.12. The van der Waals surface area contributed by atoms with Crippen LogP contribution in [0.5, 0.6) is 11.5 Å². The molecule has 7 nitrogen and oxygen atoms in total. The maximum atomic E-state index is 12.4. The van der Waals surface area contributed by atoms with Gasteiger partial charge in [-0.05, 0) is 47.0 Å². The molecule has 0 atom stereocenters. The standard InChI is InChI=1S/C26H22N2O5/c1-32-24-14-19(12-22(15-27)25(29)28-16-18-6-3-2-4-7-18)10-11-23(24)33-17-20-8-5-9-21(13-20)26(30)31/h2-14H,16-17H2,1H3,(H,28,29)(H,30,31)/b22-12+. The van der Waals surface area contributed by atoms with Crippen molar-refractivity contribution in [2.24, 2.45) is 0 Å². The fraction of sp³-hybridized carbons (Fsp3) is 0.115. The third-order valence-electron chi connectivity index (χ3n) is 4.73.